The number of pyridine rings is 1. The van der Waals surface area contributed by atoms with Crippen LogP contribution in [0.2, 0.25) is 0 Å². The zero-order chi connectivity index (χ0) is 23.8. The fourth-order valence-corrected chi connectivity index (χ4v) is 4.12. The highest BCUT2D eigenvalue weighted by Gasteiger charge is 2.29. The van der Waals surface area contributed by atoms with Crippen molar-refractivity contribution in [3.8, 4) is 11.5 Å². The lowest BCUT2D eigenvalue weighted by Gasteiger charge is -2.25. The Morgan fingerprint density at radius 1 is 0.882 bits per heavy atom. The Kier molecular flexibility index (Phi) is 8.12. The molecule has 1 unspecified atom stereocenters. The molecular weight excluding hydrogens is 430 g/mol. The first-order chi connectivity index (χ1) is 16.6. The SMILES string of the molecule is COc1cccc(COC2CN(Cc3cccc(OC)c3)CC(=O)N(Cc3ccccn3)C2)c1. The van der Waals surface area contributed by atoms with Crippen molar-refractivity contribution in [1.82, 2.24) is 14.8 Å². The fraction of sp³-hybridized carbons (Fsp3) is 0.333. The maximum atomic E-state index is 13.2. The van der Waals surface area contributed by atoms with Crippen LogP contribution in [0.3, 0.4) is 0 Å². The molecule has 2 heterocycles. The Hall–Kier alpha value is -3.42. The van der Waals surface area contributed by atoms with Gasteiger partial charge in [-0.1, -0.05) is 30.3 Å². The number of ether oxygens (including phenoxy) is 3. The van der Waals surface area contributed by atoms with E-state index >= 15 is 0 Å². The van der Waals surface area contributed by atoms with E-state index in [1.807, 2.05) is 65.6 Å². The average Bonchev–Trinajstić information content (AvgIpc) is 3.01. The normalized spacial score (nSPS) is 16.8. The molecule has 0 radical (unpaired) electrons. The lowest BCUT2D eigenvalue weighted by Crippen LogP contribution is -2.37. The molecule has 0 spiro atoms. The lowest BCUT2D eigenvalue weighted by molar-refractivity contribution is -0.132. The number of benzene rings is 2. The van der Waals surface area contributed by atoms with E-state index in [2.05, 4.69) is 16.0 Å². The van der Waals surface area contributed by atoms with Gasteiger partial charge in [-0.05, 0) is 47.5 Å². The van der Waals surface area contributed by atoms with Gasteiger partial charge in [0.25, 0.3) is 0 Å². The number of aromatic nitrogens is 1. The van der Waals surface area contributed by atoms with E-state index in [4.69, 9.17) is 14.2 Å². The number of amides is 1. The molecule has 3 aromatic rings. The molecule has 34 heavy (non-hydrogen) atoms. The third-order valence-electron chi connectivity index (χ3n) is 5.84. The quantitative estimate of drug-likeness (QED) is 0.486. The van der Waals surface area contributed by atoms with Crippen LogP contribution < -0.4 is 9.47 Å². The van der Waals surface area contributed by atoms with Gasteiger partial charge in [-0.2, -0.15) is 0 Å². The molecule has 0 N–H and O–H groups in total. The van der Waals surface area contributed by atoms with Crippen LogP contribution in [0.4, 0.5) is 0 Å². The minimum Gasteiger partial charge on any atom is -0.497 e. The molecule has 1 aromatic heterocycles. The number of hydrogen-bond donors (Lipinski definition) is 0. The van der Waals surface area contributed by atoms with E-state index in [-0.39, 0.29) is 12.0 Å². The number of carbonyl (C=O) groups excluding carboxylic acids is 1. The molecule has 1 atom stereocenters. The second-order valence-corrected chi connectivity index (χ2v) is 8.40. The van der Waals surface area contributed by atoms with Crippen LogP contribution in [0.15, 0.2) is 72.9 Å². The van der Waals surface area contributed by atoms with Gasteiger partial charge in [0.15, 0.2) is 0 Å². The summed E-state index contributed by atoms with van der Waals surface area (Å²) in [4.78, 5) is 21.6. The molecule has 1 saturated heterocycles. The van der Waals surface area contributed by atoms with Crippen molar-refractivity contribution in [2.45, 2.75) is 25.8 Å². The maximum Gasteiger partial charge on any atom is 0.237 e. The first kappa shape index (κ1) is 23.7. The minimum atomic E-state index is -0.146. The second kappa shape index (κ2) is 11.6. The van der Waals surface area contributed by atoms with Crippen LogP contribution in [0.5, 0.6) is 11.5 Å². The summed E-state index contributed by atoms with van der Waals surface area (Å²) in [7, 11) is 3.31. The number of carbonyl (C=O) groups is 1. The van der Waals surface area contributed by atoms with E-state index in [1.54, 1.807) is 20.4 Å². The van der Waals surface area contributed by atoms with Gasteiger partial charge in [-0.25, -0.2) is 0 Å². The van der Waals surface area contributed by atoms with E-state index < -0.39 is 0 Å². The molecular formula is C27H31N3O4. The van der Waals surface area contributed by atoms with Crippen LogP contribution in [-0.2, 0) is 29.2 Å². The van der Waals surface area contributed by atoms with Crippen LogP contribution in [-0.4, -0.2) is 60.6 Å². The molecule has 1 fully saturated rings. The Bertz CT molecular complexity index is 1080. The lowest BCUT2D eigenvalue weighted by atomic mass is 10.2. The van der Waals surface area contributed by atoms with Crippen molar-refractivity contribution in [3.63, 3.8) is 0 Å². The predicted octanol–water partition coefficient (Wildman–Crippen LogP) is 3.53. The molecule has 7 heteroatoms. The van der Waals surface area contributed by atoms with Gasteiger partial charge in [0.05, 0.1) is 45.7 Å². The summed E-state index contributed by atoms with van der Waals surface area (Å²) in [6.07, 6.45) is 1.61. The van der Waals surface area contributed by atoms with Gasteiger partial charge in [0, 0.05) is 25.8 Å². The molecule has 0 bridgehead atoms. The summed E-state index contributed by atoms with van der Waals surface area (Å²) in [6.45, 7) is 3.02. The molecule has 0 aliphatic carbocycles. The third kappa shape index (κ3) is 6.56. The Morgan fingerprint density at radius 2 is 1.62 bits per heavy atom. The summed E-state index contributed by atoms with van der Waals surface area (Å²) in [5, 5.41) is 0. The number of methoxy groups -OCH3 is 2. The van der Waals surface area contributed by atoms with E-state index in [0.29, 0.717) is 39.3 Å². The summed E-state index contributed by atoms with van der Waals surface area (Å²) in [5.74, 6) is 1.68. The average molecular weight is 462 g/mol. The standard InChI is InChI=1S/C27H31N3O4/c1-32-24-10-5-7-21(13-24)15-29-17-26(34-20-22-8-6-11-25(14-22)33-2)18-30(27(31)19-29)16-23-9-3-4-12-28-23/h3-14,26H,15-20H2,1-2H3. The first-order valence-electron chi connectivity index (χ1n) is 11.4. The molecule has 2 aromatic carbocycles. The van der Waals surface area contributed by atoms with E-state index in [1.165, 1.54) is 0 Å². The first-order valence-corrected chi connectivity index (χ1v) is 11.4. The van der Waals surface area contributed by atoms with Gasteiger partial charge in [-0.15, -0.1) is 0 Å². The maximum absolute atomic E-state index is 13.2. The van der Waals surface area contributed by atoms with Crippen molar-refractivity contribution in [2.75, 3.05) is 33.9 Å². The summed E-state index contributed by atoms with van der Waals surface area (Å²) in [6, 6.07) is 21.6. The highest BCUT2D eigenvalue weighted by molar-refractivity contribution is 5.78. The molecule has 1 amide bonds. The summed E-state index contributed by atoms with van der Waals surface area (Å²) >= 11 is 0. The number of nitrogens with zero attached hydrogens (tertiary/aromatic N) is 3. The highest BCUT2D eigenvalue weighted by atomic mass is 16.5. The Balaban J connectivity index is 1.50. The van der Waals surface area contributed by atoms with Crippen molar-refractivity contribution in [2.24, 2.45) is 0 Å². The molecule has 0 saturated carbocycles. The zero-order valence-electron chi connectivity index (χ0n) is 19.7. The highest BCUT2D eigenvalue weighted by Crippen LogP contribution is 2.19. The van der Waals surface area contributed by atoms with Crippen LogP contribution in [0, 0.1) is 0 Å². The van der Waals surface area contributed by atoms with Gasteiger partial charge in [-0.3, -0.25) is 14.7 Å². The Morgan fingerprint density at radius 3 is 2.32 bits per heavy atom. The molecule has 1 aliphatic rings. The fourth-order valence-electron chi connectivity index (χ4n) is 4.12. The summed E-state index contributed by atoms with van der Waals surface area (Å²) in [5.41, 5.74) is 2.99. The predicted molar refractivity (Wildman–Crippen MR) is 129 cm³/mol. The Labute approximate surface area is 200 Å². The van der Waals surface area contributed by atoms with Gasteiger partial charge in [0.1, 0.15) is 11.5 Å². The number of rotatable bonds is 9. The minimum absolute atomic E-state index is 0.0704. The molecule has 4 rings (SSSR count). The monoisotopic (exact) mass is 461 g/mol. The van der Waals surface area contributed by atoms with Crippen molar-refractivity contribution >= 4 is 5.91 Å². The van der Waals surface area contributed by atoms with Crippen molar-refractivity contribution in [1.29, 1.82) is 0 Å². The zero-order valence-corrected chi connectivity index (χ0v) is 19.7. The summed E-state index contributed by atoms with van der Waals surface area (Å²) < 4.78 is 17.0. The van der Waals surface area contributed by atoms with E-state index in [0.717, 1.165) is 28.3 Å². The van der Waals surface area contributed by atoms with Crippen LogP contribution in [0.25, 0.3) is 0 Å². The van der Waals surface area contributed by atoms with Crippen molar-refractivity contribution in [3.05, 3.63) is 89.7 Å². The second-order valence-electron chi connectivity index (χ2n) is 8.40. The van der Waals surface area contributed by atoms with E-state index in [9.17, 15) is 4.79 Å². The van der Waals surface area contributed by atoms with Gasteiger partial charge >= 0.3 is 0 Å². The van der Waals surface area contributed by atoms with Gasteiger partial charge < -0.3 is 19.1 Å². The van der Waals surface area contributed by atoms with Crippen molar-refractivity contribution < 1.29 is 19.0 Å². The third-order valence-corrected chi connectivity index (χ3v) is 5.84. The number of hydrogen-bond acceptors (Lipinski definition) is 6. The molecule has 7 nitrogen and oxygen atoms in total. The van der Waals surface area contributed by atoms with Gasteiger partial charge in [0.2, 0.25) is 5.91 Å². The largest absolute Gasteiger partial charge is 0.497 e. The van der Waals surface area contributed by atoms with Crippen LogP contribution >= 0.6 is 0 Å². The molecule has 1 aliphatic heterocycles. The topological polar surface area (TPSA) is 64.1 Å². The van der Waals surface area contributed by atoms with Crippen LogP contribution in [0.1, 0.15) is 16.8 Å². The molecule has 178 valence electrons. The smallest absolute Gasteiger partial charge is 0.237 e.